The van der Waals surface area contributed by atoms with Crippen molar-refractivity contribution >= 4 is 17.6 Å². The average molecular weight is 491 g/mol. The minimum atomic E-state index is -4.52. The van der Waals surface area contributed by atoms with E-state index in [1.807, 2.05) is 4.90 Å². The summed E-state index contributed by atoms with van der Waals surface area (Å²) in [7, 11) is 0. The van der Waals surface area contributed by atoms with Gasteiger partial charge in [-0.25, -0.2) is 18.9 Å². The molecule has 184 valence electrons. The summed E-state index contributed by atoms with van der Waals surface area (Å²) in [5, 5.41) is 4.00. The number of alkyl halides is 3. The van der Waals surface area contributed by atoms with Crippen molar-refractivity contribution in [1.29, 1.82) is 0 Å². The third kappa shape index (κ3) is 5.26. The molecule has 0 atom stereocenters. The van der Waals surface area contributed by atoms with Crippen LogP contribution in [0.25, 0.3) is 5.82 Å². The van der Waals surface area contributed by atoms with Crippen LogP contribution in [-0.2, 0) is 15.7 Å². The summed E-state index contributed by atoms with van der Waals surface area (Å²) >= 11 is 0. The second kappa shape index (κ2) is 9.72. The lowest BCUT2D eigenvalue weighted by molar-refractivity contribution is -0.138. The van der Waals surface area contributed by atoms with Gasteiger partial charge < -0.3 is 14.5 Å². The average Bonchev–Trinajstić information content (AvgIpc) is 3.23. The molecule has 0 radical (unpaired) electrons. The molecule has 1 aliphatic heterocycles. The topological polar surface area (TPSA) is 80.6 Å². The number of para-hydroxylation sites is 1. The van der Waals surface area contributed by atoms with E-state index in [2.05, 4.69) is 10.1 Å². The van der Waals surface area contributed by atoms with Gasteiger partial charge in [0.15, 0.2) is 12.4 Å². The van der Waals surface area contributed by atoms with E-state index in [0.717, 1.165) is 12.1 Å². The molecule has 4 rings (SSSR count). The summed E-state index contributed by atoms with van der Waals surface area (Å²) in [5.41, 5.74) is -0.0722. The number of halogens is 4. The maximum atomic E-state index is 14.0. The molecular weight excluding hydrogens is 470 g/mol. The highest BCUT2D eigenvalue weighted by molar-refractivity contribution is 5.92. The molecule has 35 heavy (non-hydrogen) atoms. The molecule has 1 fully saturated rings. The van der Waals surface area contributed by atoms with E-state index in [-0.39, 0.29) is 23.1 Å². The van der Waals surface area contributed by atoms with Gasteiger partial charge in [-0.05, 0) is 31.2 Å². The normalized spacial score (nSPS) is 14.2. The summed E-state index contributed by atoms with van der Waals surface area (Å²) < 4.78 is 58.5. The number of nitrogens with zero attached hydrogens (tertiary/aromatic N) is 5. The van der Waals surface area contributed by atoms with Crippen LogP contribution in [0, 0.1) is 12.7 Å². The minimum absolute atomic E-state index is 0.0591. The summed E-state index contributed by atoms with van der Waals surface area (Å²) in [5.74, 6) is -1.41. The molecule has 0 N–H and O–H groups in total. The van der Waals surface area contributed by atoms with Crippen molar-refractivity contribution in [3.8, 4) is 5.82 Å². The van der Waals surface area contributed by atoms with E-state index in [1.165, 1.54) is 28.8 Å². The van der Waals surface area contributed by atoms with Crippen molar-refractivity contribution in [2.24, 2.45) is 0 Å². The van der Waals surface area contributed by atoms with Crippen molar-refractivity contribution < 1.29 is 31.9 Å². The number of hydrogen-bond donors (Lipinski definition) is 0. The number of esters is 1. The van der Waals surface area contributed by atoms with Crippen molar-refractivity contribution in [3.05, 3.63) is 71.4 Å². The van der Waals surface area contributed by atoms with E-state index >= 15 is 0 Å². The third-order valence-electron chi connectivity index (χ3n) is 5.67. The Balaban J connectivity index is 1.32. The smallest absolute Gasteiger partial charge is 0.417 e. The monoisotopic (exact) mass is 491 g/mol. The lowest BCUT2D eigenvalue weighted by atomic mass is 10.2. The Bertz CT molecular complexity index is 1220. The van der Waals surface area contributed by atoms with E-state index in [9.17, 15) is 27.2 Å². The second-order valence-corrected chi connectivity index (χ2v) is 7.85. The number of amides is 1. The number of pyridine rings is 1. The van der Waals surface area contributed by atoms with Crippen LogP contribution in [0.5, 0.6) is 0 Å². The summed E-state index contributed by atoms with van der Waals surface area (Å²) in [6, 6.07) is 8.42. The van der Waals surface area contributed by atoms with Gasteiger partial charge in [-0.1, -0.05) is 12.1 Å². The molecule has 2 aromatic heterocycles. The first-order chi connectivity index (χ1) is 16.6. The highest BCUT2D eigenvalue weighted by Gasteiger charge is 2.31. The lowest BCUT2D eigenvalue weighted by Gasteiger charge is -2.36. The first-order valence-corrected chi connectivity index (χ1v) is 10.7. The van der Waals surface area contributed by atoms with E-state index in [1.54, 1.807) is 18.2 Å². The van der Waals surface area contributed by atoms with Crippen LogP contribution in [0.15, 0.2) is 48.8 Å². The predicted octanol–water partition coefficient (Wildman–Crippen LogP) is 3.24. The van der Waals surface area contributed by atoms with Crippen molar-refractivity contribution in [3.63, 3.8) is 0 Å². The van der Waals surface area contributed by atoms with Gasteiger partial charge in [0.25, 0.3) is 5.91 Å². The standard InChI is InChI=1S/C23H21F4N5O3/c1-15-17(13-29-32(15)20-7-6-16(12-28-20)23(25,26)27)22(34)35-14-21(33)31-10-8-30(9-11-31)19-5-3-2-4-18(19)24/h2-7,12-13H,8-11,14H2,1H3. The van der Waals surface area contributed by atoms with Gasteiger partial charge in [-0.15, -0.1) is 0 Å². The zero-order valence-electron chi connectivity index (χ0n) is 18.6. The Kier molecular flexibility index (Phi) is 6.72. The van der Waals surface area contributed by atoms with Crippen molar-refractivity contribution in [1.82, 2.24) is 19.7 Å². The molecule has 1 amide bonds. The first-order valence-electron chi connectivity index (χ1n) is 10.7. The van der Waals surface area contributed by atoms with Gasteiger partial charge in [0.05, 0.1) is 23.1 Å². The predicted molar refractivity (Wildman–Crippen MR) is 117 cm³/mol. The van der Waals surface area contributed by atoms with Crippen LogP contribution in [-0.4, -0.2) is 64.3 Å². The van der Waals surface area contributed by atoms with Crippen LogP contribution >= 0.6 is 0 Å². The molecule has 0 spiro atoms. The molecule has 0 aliphatic carbocycles. The lowest BCUT2D eigenvalue weighted by Crippen LogP contribution is -2.50. The SMILES string of the molecule is Cc1c(C(=O)OCC(=O)N2CCN(c3ccccc3F)CC2)cnn1-c1ccc(C(F)(F)F)cn1. The molecule has 3 heterocycles. The first kappa shape index (κ1) is 24.2. The molecular formula is C23H21F4N5O3. The highest BCUT2D eigenvalue weighted by Crippen LogP contribution is 2.29. The number of ether oxygens (including phenoxy) is 1. The van der Waals surface area contributed by atoms with Gasteiger partial charge in [-0.3, -0.25) is 4.79 Å². The Hall–Kier alpha value is -3.96. The van der Waals surface area contributed by atoms with E-state index in [0.29, 0.717) is 43.8 Å². The molecule has 0 saturated carbocycles. The van der Waals surface area contributed by atoms with Crippen LogP contribution in [0.3, 0.4) is 0 Å². The Morgan fingerprint density at radius 3 is 2.37 bits per heavy atom. The number of rotatable bonds is 5. The summed E-state index contributed by atoms with van der Waals surface area (Å²) in [6.07, 6.45) is -2.63. The molecule has 0 unspecified atom stereocenters. The Morgan fingerprint density at radius 2 is 1.74 bits per heavy atom. The summed E-state index contributed by atoms with van der Waals surface area (Å²) in [4.78, 5) is 32.1. The van der Waals surface area contributed by atoms with Crippen LogP contribution < -0.4 is 4.90 Å². The fraction of sp³-hybridized carbons (Fsp3) is 0.304. The fourth-order valence-electron chi connectivity index (χ4n) is 3.72. The van der Waals surface area contributed by atoms with Gasteiger partial charge in [0.2, 0.25) is 0 Å². The molecule has 1 saturated heterocycles. The van der Waals surface area contributed by atoms with Crippen LogP contribution in [0.1, 0.15) is 21.6 Å². The Morgan fingerprint density at radius 1 is 1.03 bits per heavy atom. The highest BCUT2D eigenvalue weighted by atomic mass is 19.4. The molecule has 3 aromatic rings. The number of anilines is 1. The maximum absolute atomic E-state index is 14.0. The van der Waals surface area contributed by atoms with Gasteiger partial charge >= 0.3 is 12.1 Å². The number of benzene rings is 1. The zero-order chi connectivity index (χ0) is 25.2. The maximum Gasteiger partial charge on any atom is 0.417 e. The number of piperazine rings is 1. The Labute approximate surface area is 197 Å². The molecule has 1 aromatic carbocycles. The quantitative estimate of drug-likeness (QED) is 0.403. The zero-order valence-corrected chi connectivity index (χ0v) is 18.6. The van der Waals surface area contributed by atoms with Crippen molar-refractivity contribution in [2.75, 3.05) is 37.7 Å². The number of aromatic nitrogens is 3. The van der Waals surface area contributed by atoms with Gasteiger partial charge in [-0.2, -0.15) is 18.3 Å². The van der Waals surface area contributed by atoms with Crippen molar-refractivity contribution in [2.45, 2.75) is 13.1 Å². The number of hydrogen-bond acceptors (Lipinski definition) is 6. The molecule has 12 heteroatoms. The van der Waals surface area contributed by atoms with E-state index in [4.69, 9.17) is 4.74 Å². The number of carbonyl (C=O) groups is 2. The molecule has 1 aliphatic rings. The van der Waals surface area contributed by atoms with Gasteiger partial charge in [0, 0.05) is 32.4 Å². The third-order valence-corrected chi connectivity index (χ3v) is 5.67. The van der Waals surface area contributed by atoms with Crippen LogP contribution in [0.2, 0.25) is 0 Å². The number of carbonyl (C=O) groups excluding carboxylic acids is 2. The van der Waals surface area contributed by atoms with Crippen LogP contribution in [0.4, 0.5) is 23.2 Å². The largest absolute Gasteiger partial charge is 0.452 e. The van der Waals surface area contributed by atoms with Gasteiger partial charge in [0.1, 0.15) is 11.4 Å². The minimum Gasteiger partial charge on any atom is -0.452 e. The second-order valence-electron chi connectivity index (χ2n) is 7.85. The fourth-order valence-corrected chi connectivity index (χ4v) is 3.72. The molecule has 8 nitrogen and oxygen atoms in total. The summed E-state index contributed by atoms with van der Waals surface area (Å²) in [6.45, 7) is 2.62. The van der Waals surface area contributed by atoms with E-state index < -0.39 is 24.3 Å². The molecule has 0 bridgehead atoms.